The summed E-state index contributed by atoms with van der Waals surface area (Å²) in [7, 11) is -11.1. The van der Waals surface area contributed by atoms with Crippen LogP contribution in [0.15, 0.2) is 234 Å². The summed E-state index contributed by atoms with van der Waals surface area (Å²) < 4.78 is 125. The number of rotatable bonds is 11. The van der Waals surface area contributed by atoms with Crippen molar-refractivity contribution in [1.29, 1.82) is 0 Å². The highest BCUT2D eigenvalue weighted by Crippen LogP contribution is 2.57. The van der Waals surface area contributed by atoms with Gasteiger partial charge in [0, 0.05) is 0 Å². The van der Waals surface area contributed by atoms with E-state index in [0.29, 0.717) is 0 Å². The summed E-state index contributed by atoms with van der Waals surface area (Å²) in [5.41, 5.74) is 0.169. The molecule has 8 aromatic rings. The molecule has 9 rings (SSSR count). The first-order valence-electron chi connectivity index (χ1n) is 20.5. The molecule has 0 amide bonds. The number of sulfone groups is 2. The Hall–Kier alpha value is -6.69. The van der Waals surface area contributed by atoms with E-state index < -0.39 is 51.6 Å². The molecule has 1 aliphatic rings. The van der Waals surface area contributed by atoms with Gasteiger partial charge in [-0.15, -0.1) is 0 Å². The van der Waals surface area contributed by atoms with Gasteiger partial charge in [-0.05, 0) is 149 Å². The summed E-state index contributed by atoms with van der Waals surface area (Å²) in [6.45, 7) is 0. The van der Waals surface area contributed by atoms with Crippen molar-refractivity contribution in [2.45, 2.75) is 45.2 Å². The topological polar surface area (TPSA) is 144 Å². The van der Waals surface area contributed by atoms with E-state index >= 15 is 0 Å². The molecule has 0 N–H and O–H groups in total. The number of alkyl halides is 3. The third-order valence-corrected chi connectivity index (χ3v) is 17.8. The Labute approximate surface area is 395 Å². The summed E-state index contributed by atoms with van der Waals surface area (Å²) in [5.74, 6) is 1.50. The molecule has 0 atom stereocenters. The van der Waals surface area contributed by atoms with Crippen LogP contribution in [0.5, 0.6) is 11.5 Å². The van der Waals surface area contributed by atoms with Crippen LogP contribution in [0.1, 0.15) is 22.3 Å². The summed E-state index contributed by atoms with van der Waals surface area (Å²) >= 11 is 0. The number of methoxy groups -OCH3 is 2. The Morgan fingerprint density at radius 2 is 0.794 bits per heavy atom. The highest BCUT2D eigenvalue weighted by Gasteiger charge is 2.47. The predicted octanol–water partition coefficient (Wildman–Crippen LogP) is 10.9. The van der Waals surface area contributed by atoms with E-state index in [2.05, 4.69) is 66.7 Å². The summed E-state index contributed by atoms with van der Waals surface area (Å²) in [5, 5.41) is 0. The normalized spacial score (nSPS) is 13.2. The van der Waals surface area contributed by atoms with Crippen molar-refractivity contribution in [2.24, 2.45) is 0 Å². The van der Waals surface area contributed by atoms with Gasteiger partial charge in [0.2, 0.25) is 19.7 Å². The van der Waals surface area contributed by atoms with E-state index in [9.17, 15) is 30.0 Å². The molecule has 0 aliphatic heterocycles. The van der Waals surface area contributed by atoms with Crippen molar-refractivity contribution >= 4 is 40.7 Å². The average Bonchev–Trinajstić information content (AvgIpc) is 3.65. The molecule has 0 heterocycles. The van der Waals surface area contributed by atoms with E-state index in [1.165, 1.54) is 0 Å². The average molecular weight is 993 g/mol. The molecular weight excluding hydrogens is 954 g/mol. The van der Waals surface area contributed by atoms with Gasteiger partial charge < -0.3 is 14.0 Å². The quantitative estimate of drug-likeness (QED) is 0.0702. The molecule has 8 aromatic carbocycles. The molecule has 346 valence electrons. The summed E-state index contributed by atoms with van der Waals surface area (Å²) in [4.78, 5) is 3.54. The van der Waals surface area contributed by atoms with Gasteiger partial charge in [-0.1, -0.05) is 84.9 Å². The number of hydrogen-bond acceptors (Lipinski definition) is 9. The van der Waals surface area contributed by atoms with Gasteiger partial charge in [0.1, 0.15) is 11.5 Å². The van der Waals surface area contributed by atoms with Gasteiger partial charge in [-0.2, -0.15) is 13.2 Å². The van der Waals surface area contributed by atoms with Crippen LogP contribution in [0.25, 0.3) is 11.1 Å². The van der Waals surface area contributed by atoms with Gasteiger partial charge in [0.15, 0.2) is 24.8 Å². The second-order valence-electron chi connectivity index (χ2n) is 15.2. The molecule has 0 bridgehead atoms. The van der Waals surface area contributed by atoms with E-state index in [1.54, 1.807) is 99.1 Å². The molecule has 68 heavy (non-hydrogen) atoms. The smallest absolute Gasteiger partial charge is 0.485 e. The van der Waals surface area contributed by atoms with Crippen molar-refractivity contribution in [3.05, 3.63) is 222 Å². The van der Waals surface area contributed by atoms with E-state index in [0.717, 1.165) is 59.6 Å². The maximum atomic E-state index is 13.7. The molecule has 0 saturated heterocycles. The molecule has 0 spiro atoms. The summed E-state index contributed by atoms with van der Waals surface area (Å²) in [6.07, 6.45) is 0. The van der Waals surface area contributed by atoms with Crippen LogP contribution in [-0.4, -0.2) is 49.5 Å². The molecule has 0 saturated carbocycles. The van der Waals surface area contributed by atoms with Gasteiger partial charge in [0.05, 0.1) is 50.1 Å². The minimum Gasteiger partial charge on any atom is -0.741 e. The van der Waals surface area contributed by atoms with Crippen LogP contribution in [0, 0.1) is 0 Å². The lowest BCUT2D eigenvalue weighted by molar-refractivity contribution is -0.0517. The molecule has 1 aliphatic carbocycles. The third kappa shape index (κ3) is 8.93. The fourth-order valence-corrected chi connectivity index (χ4v) is 12.9. The predicted molar refractivity (Wildman–Crippen MR) is 251 cm³/mol. The lowest BCUT2D eigenvalue weighted by Gasteiger charge is -2.34. The van der Waals surface area contributed by atoms with Gasteiger partial charge in [-0.25, -0.2) is 25.3 Å². The summed E-state index contributed by atoms with van der Waals surface area (Å²) in [6, 6.07) is 62.5. The highest BCUT2D eigenvalue weighted by molar-refractivity contribution is 7.97. The first kappa shape index (κ1) is 47.8. The Bertz CT molecular complexity index is 3270. The van der Waals surface area contributed by atoms with Crippen LogP contribution >= 0.6 is 0 Å². The number of halogens is 3. The molecule has 16 heteroatoms. The molecule has 0 radical (unpaired) electrons. The maximum Gasteiger partial charge on any atom is 0.485 e. The lowest BCUT2D eigenvalue weighted by atomic mass is 9.67. The van der Waals surface area contributed by atoms with Crippen molar-refractivity contribution < 1.29 is 52.5 Å². The van der Waals surface area contributed by atoms with Gasteiger partial charge in [0.25, 0.3) is 0 Å². The zero-order chi connectivity index (χ0) is 48.5. The van der Waals surface area contributed by atoms with Crippen molar-refractivity contribution in [1.82, 2.24) is 0 Å². The van der Waals surface area contributed by atoms with Crippen LogP contribution in [0.2, 0.25) is 0 Å². The Morgan fingerprint density at radius 3 is 1.19 bits per heavy atom. The fourth-order valence-electron chi connectivity index (χ4n) is 8.25. The first-order chi connectivity index (χ1) is 32.4. The molecular formula is C52H39F3O9S4. The number of hydrogen-bond donors (Lipinski definition) is 0. The van der Waals surface area contributed by atoms with Crippen LogP contribution in [0.3, 0.4) is 0 Å². The van der Waals surface area contributed by atoms with Gasteiger partial charge >= 0.3 is 5.51 Å². The van der Waals surface area contributed by atoms with Crippen molar-refractivity contribution in [3.8, 4) is 22.6 Å². The van der Waals surface area contributed by atoms with Crippen LogP contribution < -0.4 is 9.47 Å². The largest absolute Gasteiger partial charge is 0.741 e. The van der Waals surface area contributed by atoms with Crippen molar-refractivity contribution in [3.63, 3.8) is 0 Å². The highest BCUT2D eigenvalue weighted by atomic mass is 32.2. The zero-order valence-electron chi connectivity index (χ0n) is 36.0. The van der Waals surface area contributed by atoms with Crippen molar-refractivity contribution in [2.75, 3.05) is 14.2 Å². The third-order valence-electron chi connectivity index (χ3n) is 11.4. The van der Waals surface area contributed by atoms with E-state index in [1.807, 2.05) is 48.5 Å². The SMILES string of the molecule is COc1ccc(C2(c3ccc(OC)cc3)c3ccccc3-c3ccc([S+](c4ccc(S(=O)(=O)c5ccccc5)cc4)c4ccc(S(=O)(=O)c5ccccc5)cc4)cc32)cc1.O=S(=O)([O-])C(F)(F)F. The second kappa shape index (κ2) is 18.8. The maximum absolute atomic E-state index is 13.7. The lowest BCUT2D eigenvalue weighted by Crippen LogP contribution is -2.28. The molecule has 0 aromatic heterocycles. The standard InChI is InChI=1S/C51H39O6S3.CHF3O3S/c1-56-38-21-17-36(18-22-38)51(37-19-23-39(57-2)24-20-37)49-16-10-9-15-47(49)48-34-29-42(35-50(48)51)58(40-25-30-45(31-26-40)59(52,53)43-11-5-3-6-12-43)41-27-32-46(33-28-41)60(54,55)44-13-7-4-8-14-44;2-1(3,4)8(5,6)7/h3-35H,1-2H3;(H,5,6,7)/q+1;/p-1. The minimum atomic E-state index is -6.09. The Morgan fingerprint density at radius 1 is 0.441 bits per heavy atom. The van der Waals surface area contributed by atoms with Crippen LogP contribution in [-0.2, 0) is 46.1 Å². The molecule has 0 unspecified atom stereocenters. The Balaban J connectivity index is 0.000000718. The van der Waals surface area contributed by atoms with Crippen LogP contribution in [0.4, 0.5) is 13.2 Å². The van der Waals surface area contributed by atoms with Gasteiger partial charge in [-0.3, -0.25) is 0 Å². The number of ether oxygens (including phenoxy) is 2. The van der Waals surface area contributed by atoms with E-state index in [4.69, 9.17) is 22.4 Å². The molecule has 0 fully saturated rings. The Kier molecular flexibility index (Phi) is 13.2. The molecule has 9 nitrogen and oxygen atoms in total. The number of benzene rings is 8. The zero-order valence-corrected chi connectivity index (χ0v) is 39.3. The van der Waals surface area contributed by atoms with E-state index in [-0.39, 0.29) is 19.6 Å². The first-order valence-corrected chi connectivity index (χ1v) is 26.1. The fraction of sp³-hybridized carbons (Fsp3) is 0.0769. The monoisotopic (exact) mass is 992 g/mol. The number of fused-ring (bicyclic) bond motifs is 3. The second-order valence-corrected chi connectivity index (χ2v) is 22.5. The minimum absolute atomic E-state index is 0.188.